The first-order valence-corrected chi connectivity index (χ1v) is 7.93. The van der Waals surface area contributed by atoms with Gasteiger partial charge in [0.25, 0.3) is 0 Å². The van der Waals surface area contributed by atoms with Crippen LogP contribution in [0.2, 0.25) is 0 Å². The van der Waals surface area contributed by atoms with Crippen LogP contribution < -0.4 is 10.7 Å². The Bertz CT molecular complexity index is 914. The van der Waals surface area contributed by atoms with Crippen molar-refractivity contribution in [1.82, 2.24) is 24.9 Å². The van der Waals surface area contributed by atoms with E-state index in [1.165, 1.54) is 6.07 Å². The van der Waals surface area contributed by atoms with Crippen LogP contribution in [0.1, 0.15) is 17.7 Å². The summed E-state index contributed by atoms with van der Waals surface area (Å²) in [6.07, 6.45) is 5.86. The monoisotopic (exact) mass is 336 g/mol. The van der Waals surface area contributed by atoms with Gasteiger partial charge in [-0.05, 0) is 11.6 Å². The first-order valence-electron chi connectivity index (χ1n) is 7.93. The molecule has 0 aliphatic heterocycles. The molecule has 1 N–H and O–H groups in total. The van der Waals surface area contributed by atoms with E-state index >= 15 is 0 Å². The number of amides is 1. The van der Waals surface area contributed by atoms with E-state index in [4.69, 9.17) is 0 Å². The zero-order valence-electron chi connectivity index (χ0n) is 13.8. The fraction of sp³-hybridized carbons (Fsp3) is 0.222. The van der Waals surface area contributed by atoms with Crippen molar-refractivity contribution in [3.8, 4) is 5.69 Å². The maximum atomic E-state index is 12.1. The molecule has 25 heavy (non-hydrogen) atoms. The number of benzene rings is 1. The molecule has 1 aromatic carbocycles. The lowest BCUT2D eigenvalue weighted by Crippen LogP contribution is -2.19. The van der Waals surface area contributed by atoms with Crippen molar-refractivity contribution in [2.75, 3.05) is 7.05 Å². The summed E-state index contributed by atoms with van der Waals surface area (Å²) in [5.74, 6) is -0.0412. The Balaban J connectivity index is 1.79. The van der Waals surface area contributed by atoms with Crippen LogP contribution in [0.4, 0.5) is 0 Å². The van der Waals surface area contributed by atoms with Gasteiger partial charge in [0.2, 0.25) is 11.3 Å². The summed E-state index contributed by atoms with van der Waals surface area (Å²) < 4.78 is 3.29. The lowest BCUT2D eigenvalue weighted by Gasteiger charge is -2.05. The van der Waals surface area contributed by atoms with Crippen LogP contribution >= 0.6 is 0 Å². The van der Waals surface area contributed by atoms with Crippen LogP contribution in [0.3, 0.4) is 0 Å². The summed E-state index contributed by atoms with van der Waals surface area (Å²) in [7, 11) is 1.60. The Kier molecular flexibility index (Phi) is 5.03. The van der Waals surface area contributed by atoms with E-state index in [0.29, 0.717) is 25.1 Å². The van der Waals surface area contributed by atoms with Crippen molar-refractivity contribution in [3.63, 3.8) is 0 Å². The molecule has 7 nitrogen and oxygen atoms in total. The third-order valence-corrected chi connectivity index (χ3v) is 3.75. The molecule has 3 rings (SSSR count). The molecule has 2 aromatic heterocycles. The second-order valence-corrected chi connectivity index (χ2v) is 5.54. The van der Waals surface area contributed by atoms with E-state index in [1.807, 2.05) is 24.3 Å². The third kappa shape index (κ3) is 4.20. The lowest BCUT2D eigenvalue weighted by atomic mass is 10.1. The van der Waals surface area contributed by atoms with Crippen LogP contribution in [-0.4, -0.2) is 32.5 Å². The molecule has 2 heterocycles. The summed E-state index contributed by atoms with van der Waals surface area (Å²) in [6.45, 7) is 0.479. The molecule has 0 saturated carbocycles. The minimum Gasteiger partial charge on any atom is -0.359 e. The Labute approximate surface area is 144 Å². The summed E-state index contributed by atoms with van der Waals surface area (Å²) >= 11 is 0. The van der Waals surface area contributed by atoms with Crippen LogP contribution in [0, 0.1) is 6.07 Å². The highest BCUT2D eigenvalue weighted by molar-refractivity contribution is 5.75. The fourth-order valence-corrected chi connectivity index (χ4v) is 2.38. The van der Waals surface area contributed by atoms with Gasteiger partial charge in [0.05, 0.1) is 12.4 Å². The van der Waals surface area contributed by atoms with Gasteiger partial charge in [0.1, 0.15) is 11.4 Å². The van der Waals surface area contributed by atoms with Gasteiger partial charge in [-0.3, -0.25) is 14.3 Å². The van der Waals surface area contributed by atoms with E-state index in [1.54, 1.807) is 35.0 Å². The number of hydrogen-bond acceptors (Lipinski definition) is 4. The number of rotatable bonds is 6. The maximum absolute atomic E-state index is 12.1. The predicted octanol–water partition coefficient (Wildman–Crippen LogP) is 0.956. The molecule has 0 aliphatic carbocycles. The molecule has 0 atom stereocenters. The second-order valence-electron chi connectivity index (χ2n) is 5.54. The van der Waals surface area contributed by atoms with Crippen molar-refractivity contribution in [3.05, 3.63) is 76.5 Å². The molecule has 1 radical (unpaired) electrons. The molecular formula is C18H18N5O2. The first kappa shape index (κ1) is 16.6. The summed E-state index contributed by atoms with van der Waals surface area (Å²) in [6, 6.07) is 12.0. The van der Waals surface area contributed by atoms with E-state index in [0.717, 1.165) is 11.3 Å². The van der Waals surface area contributed by atoms with Gasteiger partial charge < -0.3 is 5.32 Å². The SMILES string of the molecule is CNC(=O)CCn1cc(-n2ccc(=O)c(Cc3c[c]ccc3)n2)cn1. The second kappa shape index (κ2) is 7.57. The minimum absolute atomic E-state index is 0.0412. The molecule has 0 fully saturated rings. The Hall–Kier alpha value is -3.22. The minimum atomic E-state index is -0.105. The van der Waals surface area contributed by atoms with Crippen molar-refractivity contribution in [1.29, 1.82) is 0 Å². The topological polar surface area (TPSA) is 81.8 Å². The van der Waals surface area contributed by atoms with Gasteiger partial charge in [-0.25, -0.2) is 4.68 Å². The summed E-state index contributed by atoms with van der Waals surface area (Å²) in [5, 5.41) is 11.2. The number of carbonyl (C=O) groups is 1. The number of carbonyl (C=O) groups excluding carboxylic acids is 1. The van der Waals surface area contributed by atoms with Gasteiger partial charge in [0.15, 0.2) is 0 Å². The smallest absolute Gasteiger partial charge is 0.221 e. The number of aromatic nitrogens is 4. The number of aryl methyl sites for hydroxylation is 1. The molecular weight excluding hydrogens is 318 g/mol. The first-order chi connectivity index (χ1) is 12.2. The molecule has 0 bridgehead atoms. The average Bonchev–Trinajstić information content (AvgIpc) is 3.11. The third-order valence-electron chi connectivity index (χ3n) is 3.75. The van der Waals surface area contributed by atoms with Gasteiger partial charge in [-0.1, -0.05) is 24.3 Å². The Morgan fingerprint density at radius 1 is 1.36 bits per heavy atom. The molecule has 0 spiro atoms. The molecule has 0 aliphatic rings. The fourth-order valence-electron chi connectivity index (χ4n) is 2.38. The molecule has 7 heteroatoms. The van der Waals surface area contributed by atoms with Crippen LogP contribution in [0.25, 0.3) is 5.69 Å². The van der Waals surface area contributed by atoms with Crippen LogP contribution in [0.5, 0.6) is 0 Å². The zero-order valence-corrected chi connectivity index (χ0v) is 13.8. The standard InChI is InChI=1S/C18H18N5O2/c1-19-18(25)8-9-22-13-15(12-20-22)23-10-7-17(24)16(21-23)11-14-5-3-2-4-6-14/h2-3,5-7,10,12-13H,8-9,11H2,1H3,(H,19,25). The highest BCUT2D eigenvalue weighted by Gasteiger charge is 2.07. The van der Waals surface area contributed by atoms with E-state index in [-0.39, 0.29) is 11.3 Å². The lowest BCUT2D eigenvalue weighted by molar-refractivity contribution is -0.120. The normalized spacial score (nSPS) is 10.6. The summed E-state index contributed by atoms with van der Waals surface area (Å²) in [5.41, 5.74) is 2.07. The van der Waals surface area contributed by atoms with Gasteiger partial charge in [-0.15, -0.1) is 0 Å². The number of nitrogens with zero attached hydrogens (tertiary/aromatic N) is 4. The predicted molar refractivity (Wildman–Crippen MR) is 92.4 cm³/mol. The largest absolute Gasteiger partial charge is 0.359 e. The van der Waals surface area contributed by atoms with Gasteiger partial charge in [0, 0.05) is 38.7 Å². The Morgan fingerprint density at radius 3 is 3.00 bits per heavy atom. The van der Waals surface area contributed by atoms with E-state index in [2.05, 4.69) is 21.6 Å². The average molecular weight is 336 g/mol. The van der Waals surface area contributed by atoms with Gasteiger partial charge >= 0.3 is 0 Å². The molecule has 0 saturated heterocycles. The quantitative estimate of drug-likeness (QED) is 0.727. The van der Waals surface area contributed by atoms with Crippen molar-refractivity contribution < 1.29 is 4.79 Å². The summed E-state index contributed by atoms with van der Waals surface area (Å²) in [4.78, 5) is 23.4. The zero-order chi connectivity index (χ0) is 17.6. The number of nitrogens with one attached hydrogen (secondary N) is 1. The van der Waals surface area contributed by atoms with Crippen molar-refractivity contribution in [2.24, 2.45) is 0 Å². The number of hydrogen-bond donors (Lipinski definition) is 1. The van der Waals surface area contributed by atoms with Crippen LogP contribution in [-0.2, 0) is 17.8 Å². The van der Waals surface area contributed by atoms with Crippen LogP contribution in [0.15, 0.2) is 53.7 Å². The molecule has 3 aromatic rings. The van der Waals surface area contributed by atoms with Crippen molar-refractivity contribution >= 4 is 5.91 Å². The van der Waals surface area contributed by atoms with Gasteiger partial charge in [-0.2, -0.15) is 10.2 Å². The van der Waals surface area contributed by atoms with Crippen molar-refractivity contribution in [2.45, 2.75) is 19.4 Å². The molecule has 1 amide bonds. The molecule has 127 valence electrons. The van der Waals surface area contributed by atoms with E-state index < -0.39 is 0 Å². The van der Waals surface area contributed by atoms with E-state index in [9.17, 15) is 9.59 Å². The molecule has 0 unspecified atom stereocenters. The highest BCUT2D eigenvalue weighted by Crippen LogP contribution is 2.07. The maximum Gasteiger partial charge on any atom is 0.221 e. The Morgan fingerprint density at radius 2 is 2.24 bits per heavy atom. The highest BCUT2D eigenvalue weighted by atomic mass is 16.1.